The third-order valence-electron chi connectivity index (χ3n) is 3.44. The molecule has 0 aromatic carbocycles. The predicted octanol–water partition coefficient (Wildman–Crippen LogP) is 1.98. The average molecular weight is 384 g/mol. The molecule has 8 heteroatoms. The molecule has 1 fully saturated rings. The first kappa shape index (κ1) is 16.4. The van der Waals surface area contributed by atoms with Crippen LogP contribution >= 0.6 is 27.3 Å². The molecule has 1 aromatic heterocycles. The number of aryl methyl sites for hydroxylation is 1. The lowest BCUT2D eigenvalue weighted by Gasteiger charge is -2.34. The Hall–Kier alpha value is 0.01000. The number of ether oxygens (including phenoxy) is 1. The summed E-state index contributed by atoms with van der Waals surface area (Å²) < 4.78 is 32.5. The molecule has 0 radical (unpaired) electrons. The van der Waals surface area contributed by atoms with Crippen LogP contribution in [0.25, 0.3) is 0 Å². The van der Waals surface area contributed by atoms with E-state index in [2.05, 4.69) is 15.9 Å². The van der Waals surface area contributed by atoms with Crippen LogP contribution < -0.4 is 0 Å². The van der Waals surface area contributed by atoms with Gasteiger partial charge in [-0.1, -0.05) is 0 Å². The molecule has 1 aromatic rings. The highest BCUT2D eigenvalue weighted by atomic mass is 79.9. The van der Waals surface area contributed by atoms with E-state index in [-0.39, 0.29) is 6.54 Å². The molecule has 0 bridgehead atoms. The molecule has 1 aliphatic rings. The van der Waals surface area contributed by atoms with E-state index in [1.165, 1.54) is 22.7 Å². The molecule has 2 rings (SSSR count). The monoisotopic (exact) mass is 383 g/mol. The van der Waals surface area contributed by atoms with E-state index in [0.29, 0.717) is 30.3 Å². The van der Waals surface area contributed by atoms with Gasteiger partial charge in [0.05, 0.1) is 9.39 Å². The predicted molar refractivity (Wildman–Crippen MR) is 81.6 cm³/mol. The van der Waals surface area contributed by atoms with Gasteiger partial charge in [-0.2, -0.15) is 4.31 Å². The van der Waals surface area contributed by atoms with Gasteiger partial charge < -0.3 is 9.84 Å². The summed E-state index contributed by atoms with van der Waals surface area (Å²) in [5.41, 5.74) is -0.101. The Labute approximate surface area is 131 Å². The van der Waals surface area contributed by atoms with Crippen molar-refractivity contribution in [1.29, 1.82) is 0 Å². The second kappa shape index (κ2) is 6.02. The number of thiophene rings is 1. The Balaban J connectivity index is 2.16. The van der Waals surface area contributed by atoms with E-state index in [0.717, 1.165) is 9.35 Å². The number of nitrogens with zero attached hydrogens (tertiary/aromatic N) is 1. The van der Waals surface area contributed by atoms with Crippen molar-refractivity contribution in [1.82, 2.24) is 4.31 Å². The van der Waals surface area contributed by atoms with E-state index in [1.54, 1.807) is 6.07 Å². The third kappa shape index (κ3) is 3.42. The fourth-order valence-corrected chi connectivity index (χ4v) is 5.81. The summed E-state index contributed by atoms with van der Waals surface area (Å²) in [6.45, 7) is 2.88. The lowest BCUT2D eigenvalue weighted by Crippen LogP contribution is -2.47. The van der Waals surface area contributed by atoms with Gasteiger partial charge in [-0.05, 0) is 34.5 Å². The van der Waals surface area contributed by atoms with E-state index in [4.69, 9.17) is 4.74 Å². The second-order valence-corrected chi connectivity index (χ2v) is 9.76. The Kier molecular flexibility index (Phi) is 4.93. The topological polar surface area (TPSA) is 66.8 Å². The number of rotatable bonds is 4. The molecule has 0 atom stereocenters. The lowest BCUT2D eigenvalue weighted by molar-refractivity contribution is -0.0689. The quantitative estimate of drug-likeness (QED) is 0.862. The minimum atomic E-state index is -3.56. The van der Waals surface area contributed by atoms with Crippen molar-refractivity contribution >= 4 is 37.3 Å². The van der Waals surface area contributed by atoms with Crippen molar-refractivity contribution in [3.05, 3.63) is 15.4 Å². The summed E-state index contributed by atoms with van der Waals surface area (Å²) in [6, 6.07) is 1.65. The zero-order chi connectivity index (χ0) is 15.0. The van der Waals surface area contributed by atoms with Crippen LogP contribution in [0.15, 0.2) is 14.1 Å². The Morgan fingerprint density at radius 1 is 1.50 bits per heavy atom. The fourth-order valence-electron chi connectivity index (χ4n) is 2.12. The van der Waals surface area contributed by atoms with Crippen molar-refractivity contribution in [3.8, 4) is 0 Å². The minimum Gasteiger partial charge on any atom is -0.388 e. The van der Waals surface area contributed by atoms with Crippen molar-refractivity contribution < 1.29 is 18.3 Å². The van der Waals surface area contributed by atoms with Crippen LogP contribution in [0.2, 0.25) is 0 Å². The van der Waals surface area contributed by atoms with E-state index >= 15 is 0 Å². The van der Waals surface area contributed by atoms with Gasteiger partial charge in [0, 0.05) is 39.6 Å². The number of aliphatic hydroxyl groups is 1. The van der Waals surface area contributed by atoms with Crippen LogP contribution in [0.1, 0.15) is 18.4 Å². The van der Waals surface area contributed by atoms with Crippen LogP contribution in [-0.4, -0.2) is 50.2 Å². The van der Waals surface area contributed by atoms with E-state index < -0.39 is 15.6 Å². The summed E-state index contributed by atoms with van der Waals surface area (Å²) in [6.07, 6.45) is 0.917. The Morgan fingerprint density at radius 3 is 2.60 bits per heavy atom. The summed E-state index contributed by atoms with van der Waals surface area (Å²) in [5.74, 6) is 0. The second-order valence-electron chi connectivity index (χ2n) is 5.12. The van der Waals surface area contributed by atoms with Crippen molar-refractivity contribution in [2.24, 2.45) is 0 Å². The highest BCUT2D eigenvalue weighted by Crippen LogP contribution is 2.33. The first-order chi connectivity index (χ1) is 9.24. The Bertz CT molecular complexity index is 559. The molecule has 1 N–H and O–H groups in total. The molecular formula is C12H18BrNO4S2. The standard InChI is InChI=1S/C12H18BrNO4S2/c1-9-7-10(19-11(9)13)20(16,17)14(2)8-12(15)3-5-18-6-4-12/h7,15H,3-6,8H2,1-2H3. The maximum atomic E-state index is 12.5. The summed E-state index contributed by atoms with van der Waals surface area (Å²) in [4.78, 5) is 0. The molecule has 5 nitrogen and oxygen atoms in total. The number of hydrogen-bond acceptors (Lipinski definition) is 5. The first-order valence-corrected chi connectivity index (χ1v) is 9.32. The summed E-state index contributed by atoms with van der Waals surface area (Å²) in [7, 11) is -2.05. The highest BCUT2D eigenvalue weighted by Gasteiger charge is 2.35. The number of likely N-dealkylation sites (N-methyl/N-ethyl adjacent to an activating group) is 1. The van der Waals surface area contributed by atoms with Crippen LogP contribution in [0.5, 0.6) is 0 Å². The lowest BCUT2D eigenvalue weighted by atomic mass is 9.95. The first-order valence-electron chi connectivity index (χ1n) is 6.27. The van der Waals surface area contributed by atoms with Crippen LogP contribution in [0.3, 0.4) is 0 Å². The number of halogens is 1. The average Bonchev–Trinajstić information content (AvgIpc) is 2.70. The number of hydrogen-bond donors (Lipinski definition) is 1. The fraction of sp³-hybridized carbons (Fsp3) is 0.667. The normalized spacial score (nSPS) is 19.4. The van der Waals surface area contributed by atoms with Gasteiger partial charge in [0.2, 0.25) is 0 Å². The van der Waals surface area contributed by atoms with Gasteiger partial charge in [0.15, 0.2) is 0 Å². The van der Waals surface area contributed by atoms with E-state index in [1.807, 2.05) is 6.92 Å². The van der Waals surface area contributed by atoms with Crippen LogP contribution in [-0.2, 0) is 14.8 Å². The maximum absolute atomic E-state index is 12.5. The molecule has 1 aliphatic heterocycles. The largest absolute Gasteiger partial charge is 0.388 e. The van der Waals surface area contributed by atoms with Crippen LogP contribution in [0.4, 0.5) is 0 Å². The molecule has 1 saturated heterocycles. The molecule has 0 spiro atoms. The number of sulfonamides is 1. The smallest absolute Gasteiger partial charge is 0.252 e. The van der Waals surface area contributed by atoms with Gasteiger partial charge in [-0.3, -0.25) is 0 Å². The third-order valence-corrected chi connectivity index (χ3v) is 7.83. The van der Waals surface area contributed by atoms with Gasteiger partial charge >= 0.3 is 0 Å². The molecule has 0 unspecified atom stereocenters. The van der Waals surface area contributed by atoms with Crippen molar-refractivity contribution in [2.75, 3.05) is 26.8 Å². The summed E-state index contributed by atoms with van der Waals surface area (Å²) >= 11 is 4.53. The van der Waals surface area contributed by atoms with Gasteiger partial charge in [0.25, 0.3) is 10.0 Å². The molecule has 20 heavy (non-hydrogen) atoms. The van der Waals surface area contributed by atoms with Gasteiger partial charge in [0.1, 0.15) is 4.21 Å². The summed E-state index contributed by atoms with van der Waals surface area (Å²) in [5, 5.41) is 10.4. The molecule has 0 amide bonds. The van der Waals surface area contributed by atoms with Crippen molar-refractivity contribution in [3.63, 3.8) is 0 Å². The molecule has 0 aliphatic carbocycles. The minimum absolute atomic E-state index is 0.0905. The van der Waals surface area contributed by atoms with E-state index in [9.17, 15) is 13.5 Å². The maximum Gasteiger partial charge on any atom is 0.252 e. The zero-order valence-corrected chi connectivity index (χ0v) is 14.6. The Morgan fingerprint density at radius 2 is 2.10 bits per heavy atom. The molecular weight excluding hydrogens is 366 g/mol. The SMILES string of the molecule is Cc1cc(S(=O)(=O)N(C)CC2(O)CCOCC2)sc1Br. The highest BCUT2D eigenvalue weighted by molar-refractivity contribution is 9.11. The molecule has 2 heterocycles. The van der Waals surface area contributed by atoms with Gasteiger partial charge in [-0.25, -0.2) is 8.42 Å². The zero-order valence-electron chi connectivity index (χ0n) is 11.4. The van der Waals surface area contributed by atoms with Crippen molar-refractivity contribution in [2.45, 2.75) is 29.6 Å². The molecule has 0 saturated carbocycles. The van der Waals surface area contributed by atoms with Gasteiger partial charge in [-0.15, -0.1) is 11.3 Å². The molecule has 114 valence electrons. The van der Waals surface area contributed by atoms with Crippen LogP contribution in [0, 0.1) is 6.92 Å².